The third kappa shape index (κ3) is 5.62. The first-order valence-electron chi connectivity index (χ1n) is 5.97. The highest BCUT2D eigenvalue weighted by atomic mass is 15.3. The number of hydrazine groups is 1. The summed E-state index contributed by atoms with van der Waals surface area (Å²) in [4.78, 5) is 4.32. The van der Waals surface area contributed by atoms with Crippen LogP contribution in [-0.4, -0.2) is 18.5 Å². The Labute approximate surface area is 93.7 Å². The Morgan fingerprint density at radius 1 is 1.27 bits per heavy atom. The van der Waals surface area contributed by atoms with Crippen molar-refractivity contribution in [2.75, 3.05) is 6.54 Å². The molecule has 0 aromatic rings. The topological polar surface area (TPSA) is 62.4 Å². The van der Waals surface area contributed by atoms with E-state index in [0.29, 0.717) is 17.9 Å². The molecule has 15 heavy (non-hydrogen) atoms. The van der Waals surface area contributed by atoms with Crippen molar-refractivity contribution in [2.45, 2.75) is 53.0 Å². The van der Waals surface area contributed by atoms with Crippen molar-refractivity contribution in [3.63, 3.8) is 0 Å². The van der Waals surface area contributed by atoms with Gasteiger partial charge in [0, 0.05) is 12.6 Å². The monoisotopic (exact) mass is 214 g/mol. The SMILES string of the molecule is CCCN=C(NN)NC(C)C(CC)CC. The van der Waals surface area contributed by atoms with Crippen LogP contribution in [-0.2, 0) is 0 Å². The summed E-state index contributed by atoms with van der Waals surface area (Å²) in [5.74, 6) is 6.78. The van der Waals surface area contributed by atoms with E-state index >= 15 is 0 Å². The van der Waals surface area contributed by atoms with E-state index < -0.39 is 0 Å². The van der Waals surface area contributed by atoms with E-state index in [-0.39, 0.29) is 0 Å². The molecule has 0 spiro atoms. The van der Waals surface area contributed by atoms with Crippen LogP contribution in [0, 0.1) is 5.92 Å². The van der Waals surface area contributed by atoms with Gasteiger partial charge in [-0.25, -0.2) is 5.84 Å². The normalized spacial score (nSPS) is 14.1. The van der Waals surface area contributed by atoms with Crippen molar-refractivity contribution in [1.29, 1.82) is 0 Å². The number of hydrogen-bond acceptors (Lipinski definition) is 2. The minimum Gasteiger partial charge on any atom is -0.353 e. The number of hydrogen-bond donors (Lipinski definition) is 3. The van der Waals surface area contributed by atoms with Crippen molar-refractivity contribution in [3.05, 3.63) is 0 Å². The summed E-state index contributed by atoms with van der Waals surface area (Å²) < 4.78 is 0. The summed E-state index contributed by atoms with van der Waals surface area (Å²) in [6, 6.07) is 0.409. The maximum Gasteiger partial charge on any atom is 0.205 e. The number of aliphatic imine (C=N–C) groups is 1. The van der Waals surface area contributed by atoms with Crippen LogP contribution in [0.1, 0.15) is 47.0 Å². The number of nitrogens with one attached hydrogen (secondary N) is 2. The Bertz CT molecular complexity index is 175. The Kier molecular flexibility index (Phi) is 8.09. The predicted octanol–water partition coefficient (Wildman–Crippen LogP) is 1.63. The smallest absolute Gasteiger partial charge is 0.205 e. The minimum absolute atomic E-state index is 0.409. The molecular weight excluding hydrogens is 188 g/mol. The number of rotatable bonds is 6. The van der Waals surface area contributed by atoms with Crippen molar-refractivity contribution >= 4 is 5.96 Å². The summed E-state index contributed by atoms with van der Waals surface area (Å²) in [5, 5.41) is 3.32. The molecule has 0 aliphatic rings. The van der Waals surface area contributed by atoms with Gasteiger partial charge in [-0.1, -0.05) is 33.6 Å². The standard InChI is InChI=1S/C11H26N4/c1-5-8-13-11(15-12)14-9(4)10(6-2)7-3/h9-10H,5-8,12H2,1-4H3,(H2,13,14,15). The van der Waals surface area contributed by atoms with Gasteiger partial charge in [0.15, 0.2) is 0 Å². The van der Waals surface area contributed by atoms with Crippen LogP contribution in [0.3, 0.4) is 0 Å². The van der Waals surface area contributed by atoms with Gasteiger partial charge in [-0.3, -0.25) is 10.4 Å². The lowest BCUT2D eigenvalue weighted by Crippen LogP contribution is -2.47. The van der Waals surface area contributed by atoms with Gasteiger partial charge >= 0.3 is 0 Å². The van der Waals surface area contributed by atoms with Crippen LogP contribution in [0.25, 0.3) is 0 Å². The van der Waals surface area contributed by atoms with E-state index in [9.17, 15) is 0 Å². The van der Waals surface area contributed by atoms with Gasteiger partial charge in [-0.05, 0) is 19.3 Å². The first-order chi connectivity index (χ1) is 7.19. The summed E-state index contributed by atoms with van der Waals surface area (Å²) >= 11 is 0. The van der Waals surface area contributed by atoms with Crippen LogP contribution in [0.4, 0.5) is 0 Å². The van der Waals surface area contributed by atoms with Crippen LogP contribution >= 0.6 is 0 Å². The molecule has 0 fully saturated rings. The van der Waals surface area contributed by atoms with E-state index in [1.165, 1.54) is 12.8 Å². The number of nitrogens with zero attached hydrogens (tertiary/aromatic N) is 1. The second-order valence-electron chi connectivity index (χ2n) is 3.88. The fraction of sp³-hybridized carbons (Fsp3) is 0.909. The molecule has 1 unspecified atom stereocenters. The molecule has 4 nitrogen and oxygen atoms in total. The van der Waals surface area contributed by atoms with Crippen molar-refractivity contribution < 1.29 is 0 Å². The Morgan fingerprint density at radius 2 is 1.87 bits per heavy atom. The molecular formula is C11H26N4. The molecule has 90 valence electrons. The summed E-state index contributed by atoms with van der Waals surface area (Å²) in [5.41, 5.74) is 2.61. The largest absolute Gasteiger partial charge is 0.353 e. The highest BCUT2D eigenvalue weighted by Crippen LogP contribution is 2.12. The zero-order chi connectivity index (χ0) is 11.7. The quantitative estimate of drug-likeness (QED) is 0.272. The van der Waals surface area contributed by atoms with Gasteiger partial charge in [0.2, 0.25) is 5.96 Å². The molecule has 1 atom stereocenters. The summed E-state index contributed by atoms with van der Waals surface area (Å²) in [7, 11) is 0. The zero-order valence-electron chi connectivity index (χ0n) is 10.5. The Morgan fingerprint density at radius 3 is 2.27 bits per heavy atom. The van der Waals surface area contributed by atoms with Crippen molar-refractivity contribution in [2.24, 2.45) is 16.8 Å². The van der Waals surface area contributed by atoms with Gasteiger partial charge in [-0.2, -0.15) is 0 Å². The van der Waals surface area contributed by atoms with Gasteiger partial charge in [0.1, 0.15) is 0 Å². The molecule has 0 aromatic carbocycles. The first-order valence-corrected chi connectivity index (χ1v) is 5.97. The molecule has 0 heterocycles. The third-order valence-electron chi connectivity index (χ3n) is 2.75. The molecule has 0 aliphatic carbocycles. The summed E-state index contributed by atoms with van der Waals surface area (Å²) in [6.45, 7) is 9.51. The van der Waals surface area contributed by atoms with Crippen LogP contribution in [0.5, 0.6) is 0 Å². The first kappa shape index (κ1) is 14.2. The van der Waals surface area contributed by atoms with Gasteiger partial charge < -0.3 is 5.32 Å². The second kappa shape index (κ2) is 8.53. The predicted molar refractivity (Wildman–Crippen MR) is 66.6 cm³/mol. The molecule has 0 aliphatic heterocycles. The number of guanidine groups is 1. The van der Waals surface area contributed by atoms with Crippen LogP contribution < -0.4 is 16.6 Å². The molecule has 0 saturated carbocycles. The maximum absolute atomic E-state index is 5.40. The molecule has 0 rings (SSSR count). The van der Waals surface area contributed by atoms with Crippen LogP contribution in [0.15, 0.2) is 4.99 Å². The van der Waals surface area contributed by atoms with E-state index in [2.05, 4.69) is 43.4 Å². The zero-order valence-corrected chi connectivity index (χ0v) is 10.5. The van der Waals surface area contributed by atoms with Crippen molar-refractivity contribution in [1.82, 2.24) is 10.7 Å². The minimum atomic E-state index is 0.409. The average molecular weight is 214 g/mol. The average Bonchev–Trinajstić information content (AvgIpc) is 2.25. The van der Waals surface area contributed by atoms with E-state index in [0.717, 1.165) is 13.0 Å². The van der Waals surface area contributed by atoms with Crippen molar-refractivity contribution in [3.8, 4) is 0 Å². The number of nitrogens with two attached hydrogens (primary N) is 1. The lowest BCUT2D eigenvalue weighted by atomic mass is 9.96. The highest BCUT2D eigenvalue weighted by Gasteiger charge is 2.13. The van der Waals surface area contributed by atoms with E-state index in [1.54, 1.807) is 0 Å². The molecule has 0 amide bonds. The second-order valence-corrected chi connectivity index (χ2v) is 3.88. The van der Waals surface area contributed by atoms with E-state index in [1.807, 2.05) is 0 Å². The van der Waals surface area contributed by atoms with Gasteiger partial charge in [0.05, 0.1) is 0 Å². The Balaban J connectivity index is 4.15. The summed E-state index contributed by atoms with van der Waals surface area (Å²) in [6.07, 6.45) is 3.39. The third-order valence-corrected chi connectivity index (χ3v) is 2.75. The van der Waals surface area contributed by atoms with Crippen LogP contribution in [0.2, 0.25) is 0 Å². The molecule has 0 bridgehead atoms. The molecule has 4 heteroatoms. The van der Waals surface area contributed by atoms with E-state index in [4.69, 9.17) is 5.84 Å². The van der Waals surface area contributed by atoms with Gasteiger partial charge in [0.25, 0.3) is 0 Å². The fourth-order valence-electron chi connectivity index (χ4n) is 1.69. The molecule has 0 radical (unpaired) electrons. The maximum atomic E-state index is 5.40. The lowest BCUT2D eigenvalue weighted by molar-refractivity contribution is 0.388. The highest BCUT2D eigenvalue weighted by molar-refractivity contribution is 5.79. The lowest BCUT2D eigenvalue weighted by Gasteiger charge is -2.23. The van der Waals surface area contributed by atoms with Gasteiger partial charge in [-0.15, -0.1) is 0 Å². The molecule has 4 N–H and O–H groups in total. The fourth-order valence-corrected chi connectivity index (χ4v) is 1.69. The Hall–Kier alpha value is -0.770. The molecule has 0 aromatic heterocycles. The molecule has 0 saturated heterocycles.